The summed E-state index contributed by atoms with van der Waals surface area (Å²) in [5.74, 6) is 2.49. The van der Waals surface area contributed by atoms with Crippen LogP contribution in [-0.2, 0) is 5.41 Å². The molecule has 5 heteroatoms. The number of hydrogen-bond acceptors (Lipinski definition) is 5. The molecule has 1 atom stereocenters. The number of anilines is 2. The topological polar surface area (TPSA) is 61.3 Å². The quantitative estimate of drug-likeness (QED) is 0.838. The molecule has 0 spiro atoms. The first-order valence-corrected chi connectivity index (χ1v) is 7.26. The van der Waals surface area contributed by atoms with Crippen molar-refractivity contribution >= 4 is 11.6 Å². The summed E-state index contributed by atoms with van der Waals surface area (Å²) in [6.45, 7) is 11.4. The van der Waals surface area contributed by atoms with Crippen molar-refractivity contribution in [2.24, 2.45) is 0 Å². The molecule has 0 aliphatic rings. The fraction of sp³-hybridized carbons (Fsp3) is 0.733. The first kappa shape index (κ1) is 16.7. The minimum absolute atomic E-state index is 0.0248. The zero-order chi connectivity index (χ0) is 15.3. The molecule has 0 aliphatic heterocycles. The highest BCUT2D eigenvalue weighted by Gasteiger charge is 2.21. The molecule has 0 aromatic carbocycles. The second-order valence-electron chi connectivity index (χ2n) is 6.25. The van der Waals surface area contributed by atoms with Crippen LogP contribution in [0.5, 0.6) is 0 Å². The Morgan fingerprint density at radius 3 is 2.50 bits per heavy atom. The smallest absolute Gasteiger partial charge is 0.138 e. The fourth-order valence-electron chi connectivity index (χ4n) is 1.64. The van der Waals surface area contributed by atoms with E-state index in [1.54, 1.807) is 0 Å². The van der Waals surface area contributed by atoms with Gasteiger partial charge in [0.15, 0.2) is 0 Å². The van der Waals surface area contributed by atoms with Gasteiger partial charge in [-0.1, -0.05) is 27.7 Å². The maximum absolute atomic E-state index is 9.31. The van der Waals surface area contributed by atoms with Crippen LogP contribution in [0.15, 0.2) is 6.07 Å². The first-order chi connectivity index (χ1) is 9.29. The number of aliphatic hydroxyl groups excluding tert-OH is 1. The highest BCUT2D eigenvalue weighted by atomic mass is 16.3. The van der Waals surface area contributed by atoms with Gasteiger partial charge >= 0.3 is 0 Å². The molecule has 1 aromatic heterocycles. The van der Waals surface area contributed by atoms with Gasteiger partial charge in [0, 0.05) is 25.1 Å². The average molecular weight is 280 g/mol. The average Bonchev–Trinajstić information content (AvgIpc) is 2.42. The van der Waals surface area contributed by atoms with Crippen LogP contribution in [0.3, 0.4) is 0 Å². The van der Waals surface area contributed by atoms with Gasteiger partial charge in [0.2, 0.25) is 0 Å². The molecule has 1 rings (SSSR count). The second-order valence-corrected chi connectivity index (χ2v) is 6.25. The summed E-state index contributed by atoms with van der Waals surface area (Å²) in [6.07, 6.45) is 1.05. The molecular weight excluding hydrogens is 252 g/mol. The van der Waals surface area contributed by atoms with Crippen molar-refractivity contribution in [1.82, 2.24) is 9.97 Å². The lowest BCUT2D eigenvalue weighted by atomic mass is 9.96. The lowest BCUT2D eigenvalue weighted by molar-refractivity contribution is 0.269. The monoisotopic (exact) mass is 280 g/mol. The molecule has 114 valence electrons. The summed E-state index contributed by atoms with van der Waals surface area (Å²) in [7, 11) is 1.94. The summed E-state index contributed by atoms with van der Waals surface area (Å²) in [4.78, 5) is 11.2. The van der Waals surface area contributed by atoms with Gasteiger partial charge in [0.1, 0.15) is 17.5 Å². The van der Waals surface area contributed by atoms with Crippen LogP contribution < -0.4 is 10.2 Å². The van der Waals surface area contributed by atoms with Gasteiger partial charge in [-0.3, -0.25) is 0 Å². The maximum atomic E-state index is 9.31. The summed E-state index contributed by atoms with van der Waals surface area (Å²) in [5, 5.41) is 12.6. The molecule has 2 N–H and O–H groups in total. The van der Waals surface area contributed by atoms with Gasteiger partial charge in [0.05, 0.1) is 12.6 Å². The normalized spacial score (nSPS) is 13.2. The largest absolute Gasteiger partial charge is 0.394 e. The summed E-state index contributed by atoms with van der Waals surface area (Å²) in [6, 6.07) is 1.97. The van der Waals surface area contributed by atoms with Gasteiger partial charge in [-0.2, -0.15) is 0 Å². The molecule has 0 saturated carbocycles. The van der Waals surface area contributed by atoms with Crippen LogP contribution in [0.4, 0.5) is 11.6 Å². The molecule has 1 unspecified atom stereocenters. The number of aliphatic hydroxyl groups is 1. The van der Waals surface area contributed by atoms with Crippen molar-refractivity contribution in [3.63, 3.8) is 0 Å². The molecular formula is C15H28N4O. The molecule has 1 heterocycles. The minimum Gasteiger partial charge on any atom is -0.394 e. The Balaban J connectivity index is 3.15. The van der Waals surface area contributed by atoms with Crippen molar-refractivity contribution in [3.05, 3.63) is 11.9 Å². The van der Waals surface area contributed by atoms with Gasteiger partial charge in [-0.25, -0.2) is 9.97 Å². The van der Waals surface area contributed by atoms with Crippen LogP contribution in [-0.4, -0.2) is 41.3 Å². The summed E-state index contributed by atoms with van der Waals surface area (Å²) in [5.41, 5.74) is -0.109. The van der Waals surface area contributed by atoms with Crippen molar-refractivity contribution in [3.8, 4) is 0 Å². The van der Waals surface area contributed by atoms with E-state index in [9.17, 15) is 5.11 Å². The van der Waals surface area contributed by atoms with Crippen molar-refractivity contribution in [1.29, 1.82) is 0 Å². The zero-order valence-corrected chi connectivity index (χ0v) is 13.6. The zero-order valence-electron chi connectivity index (χ0n) is 13.6. The van der Waals surface area contributed by atoms with E-state index >= 15 is 0 Å². The van der Waals surface area contributed by atoms with Crippen LogP contribution in [0.25, 0.3) is 0 Å². The number of aromatic nitrogens is 2. The predicted octanol–water partition coefficient (Wildman–Crippen LogP) is 2.41. The lowest BCUT2D eigenvalue weighted by Gasteiger charge is -2.27. The summed E-state index contributed by atoms with van der Waals surface area (Å²) < 4.78 is 0. The SMILES string of the molecule is CCCNc1cc(N(C)C(C)CO)nc(C(C)(C)C)n1. The standard InChI is InChI=1S/C15H28N4O/c1-7-8-16-12-9-13(19(6)11(2)10-20)18-14(17-12)15(3,4)5/h9,11,20H,7-8,10H2,1-6H3,(H,16,17,18). The van der Waals surface area contributed by atoms with E-state index in [0.717, 1.165) is 30.4 Å². The van der Waals surface area contributed by atoms with Crippen LogP contribution in [0, 0.1) is 0 Å². The molecule has 0 saturated heterocycles. The van der Waals surface area contributed by atoms with Crippen LogP contribution >= 0.6 is 0 Å². The Morgan fingerprint density at radius 2 is 2.00 bits per heavy atom. The number of hydrogen-bond donors (Lipinski definition) is 2. The Labute approximate surface area is 122 Å². The van der Waals surface area contributed by atoms with Crippen molar-refractivity contribution in [2.75, 3.05) is 30.4 Å². The number of nitrogens with zero attached hydrogens (tertiary/aromatic N) is 3. The highest BCUT2D eigenvalue weighted by Crippen LogP contribution is 2.24. The number of nitrogens with one attached hydrogen (secondary N) is 1. The Hall–Kier alpha value is -1.36. The summed E-state index contributed by atoms with van der Waals surface area (Å²) >= 11 is 0. The molecule has 1 aromatic rings. The van der Waals surface area contributed by atoms with E-state index in [0.29, 0.717) is 0 Å². The fourth-order valence-corrected chi connectivity index (χ4v) is 1.64. The maximum Gasteiger partial charge on any atom is 0.138 e. The van der Waals surface area contributed by atoms with E-state index in [4.69, 9.17) is 0 Å². The molecule has 5 nitrogen and oxygen atoms in total. The predicted molar refractivity (Wildman–Crippen MR) is 84.5 cm³/mol. The molecule has 0 amide bonds. The third kappa shape index (κ3) is 4.34. The second kappa shape index (κ2) is 6.88. The molecule has 0 bridgehead atoms. The van der Waals surface area contributed by atoms with E-state index < -0.39 is 0 Å². The third-order valence-electron chi connectivity index (χ3n) is 3.23. The molecule has 0 aliphatic carbocycles. The minimum atomic E-state index is -0.109. The van der Waals surface area contributed by atoms with Gasteiger partial charge in [0.25, 0.3) is 0 Å². The number of rotatable bonds is 6. The van der Waals surface area contributed by atoms with Crippen LogP contribution in [0.1, 0.15) is 46.9 Å². The van der Waals surface area contributed by atoms with Gasteiger partial charge in [-0.15, -0.1) is 0 Å². The molecule has 20 heavy (non-hydrogen) atoms. The van der Waals surface area contributed by atoms with Crippen molar-refractivity contribution in [2.45, 2.75) is 52.5 Å². The van der Waals surface area contributed by atoms with Gasteiger partial charge in [-0.05, 0) is 13.3 Å². The van der Waals surface area contributed by atoms with Crippen molar-refractivity contribution < 1.29 is 5.11 Å². The lowest BCUT2D eigenvalue weighted by Crippen LogP contribution is -2.33. The van der Waals surface area contributed by atoms with Gasteiger partial charge < -0.3 is 15.3 Å². The van der Waals surface area contributed by atoms with E-state index in [1.807, 2.05) is 24.9 Å². The Kier molecular flexibility index (Phi) is 5.74. The Bertz CT molecular complexity index is 428. The first-order valence-electron chi connectivity index (χ1n) is 7.26. The van der Waals surface area contributed by atoms with E-state index in [2.05, 4.69) is 43.0 Å². The number of likely N-dealkylation sites (N-methyl/N-ethyl adjacent to an activating group) is 1. The van der Waals surface area contributed by atoms with E-state index in [1.165, 1.54) is 0 Å². The van der Waals surface area contributed by atoms with E-state index in [-0.39, 0.29) is 18.1 Å². The highest BCUT2D eigenvalue weighted by molar-refractivity contribution is 5.50. The van der Waals surface area contributed by atoms with Crippen LogP contribution in [0.2, 0.25) is 0 Å². The molecule has 0 fully saturated rings. The Morgan fingerprint density at radius 1 is 1.35 bits per heavy atom. The molecule has 0 radical (unpaired) electrons. The third-order valence-corrected chi connectivity index (χ3v) is 3.23.